The van der Waals surface area contributed by atoms with Crippen molar-refractivity contribution in [2.45, 2.75) is 45.4 Å². The molecular formula is C34H36O4. The molecule has 4 aromatic carbocycles. The van der Waals surface area contributed by atoms with E-state index in [4.69, 9.17) is 9.47 Å². The van der Waals surface area contributed by atoms with Gasteiger partial charge in [0.25, 0.3) is 0 Å². The van der Waals surface area contributed by atoms with Gasteiger partial charge in [0.05, 0.1) is 18.8 Å². The van der Waals surface area contributed by atoms with Crippen LogP contribution < -0.4 is 4.74 Å². The summed E-state index contributed by atoms with van der Waals surface area (Å²) in [6.45, 7) is 3.25. The lowest BCUT2D eigenvalue weighted by molar-refractivity contribution is 0.0509. The minimum absolute atomic E-state index is 0.292. The molecule has 1 N–H and O–H groups in total. The van der Waals surface area contributed by atoms with Crippen molar-refractivity contribution >= 4 is 5.97 Å². The SMILES string of the molecule is CCCCCOc1cccc(-c2ccc(C(=O)OCCc3ccc(CCc4ccc(O)cc4)cc3)cc2)c1. The fourth-order valence-corrected chi connectivity index (χ4v) is 4.28. The lowest BCUT2D eigenvalue weighted by atomic mass is 10.0. The molecule has 0 radical (unpaired) electrons. The molecule has 0 atom stereocenters. The fourth-order valence-electron chi connectivity index (χ4n) is 4.28. The number of benzene rings is 4. The normalized spacial score (nSPS) is 10.8. The van der Waals surface area contributed by atoms with Crippen LogP contribution in [0.1, 0.15) is 53.2 Å². The van der Waals surface area contributed by atoms with Gasteiger partial charge >= 0.3 is 5.97 Å². The summed E-state index contributed by atoms with van der Waals surface area (Å²) in [5.74, 6) is 0.850. The summed E-state index contributed by atoms with van der Waals surface area (Å²) in [4.78, 5) is 12.5. The van der Waals surface area contributed by atoms with E-state index in [1.807, 2.05) is 60.7 Å². The third kappa shape index (κ3) is 8.24. The van der Waals surface area contributed by atoms with Gasteiger partial charge in [0.15, 0.2) is 0 Å². The van der Waals surface area contributed by atoms with Crippen LogP contribution in [0.4, 0.5) is 0 Å². The molecule has 0 aliphatic carbocycles. The average molecular weight is 509 g/mol. The number of ether oxygens (including phenoxy) is 2. The maximum Gasteiger partial charge on any atom is 0.338 e. The van der Waals surface area contributed by atoms with Gasteiger partial charge in [-0.3, -0.25) is 0 Å². The monoisotopic (exact) mass is 508 g/mol. The Bertz CT molecular complexity index is 1280. The molecule has 0 spiro atoms. The van der Waals surface area contributed by atoms with Gasteiger partial charge in [-0.15, -0.1) is 0 Å². The summed E-state index contributed by atoms with van der Waals surface area (Å²) < 4.78 is 11.4. The molecule has 0 unspecified atom stereocenters. The Morgan fingerprint density at radius 2 is 1.32 bits per heavy atom. The van der Waals surface area contributed by atoms with Crippen molar-refractivity contribution in [1.29, 1.82) is 0 Å². The Labute approximate surface area is 225 Å². The number of hydrogen-bond donors (Lipinski definition) is 1. The topological polar surface area (TPSA) is 55.8 Å². The zero-order chi connectivity index (χ0) is 26.6. The van der Waals surface area contributed by atoms with Crippen LogP contribution in [0.3, 0.4) is 0 Å². The average Bonchev–Trinajstić information content (AvgIpc) is 2.96. The number of phenols is 1. The van der Waals surface area contributed by atoms with E-state index in [1.165, 1.54) is 24.0 Å². The van der Waals surface area contributed by atoms with Crippen molar-refractivity contribution in [2.24, 2.45) is 0 Å². The van der Waals surface area contributed by atoms with Crippen molar-refractivity contribution < 1.29 is 19.4 Å². The number of carbonyl (C=O) groups excluding carboxylic acids is 1. The van der Waals surface area contributed by atoms with Crippen molar-refractivity contribution in [3.63, 3.8) is 0 Å². The summed E-state index contributed by atoms with van der Waals surface area (Å²) in [6, 6.07) is 31.4. The predicted octanol–water partition coefficient (Wildman–Crippen LogP) is 7.81. The minimum atomic E-state index is -0.310. The van der Waals surface area contributed by atoms with Gasteiger partial charge in [0.1, 0.15) is 11.5 Å². The van der Waals surface area contributed by atoms with Crippen LogP contribution in [-0.2, 0) is 24.0 Å². The number of unbranched alkanes of at least 4 members (excludes halogenated alkanes) is 2. The first-order valence-corrected chi connectivity index (χ1v) is 13.5. The van der Waals surface area contributed by atoms with Gasteiger partial charge in [0, 0.05) is 6.42 Å². The van der Waals surface area contributed by atoms with Gasteiger partial charge in [0.2, 0.25) is 0 Å². The van der Waals surface area contributed by atoms with Crippen molar-refractivity contribution in [2.75, 3.05) is 13.2 Å². The summed E-state index contributed by atoms with van der Waals surface area (Å²) in [5.41, 5.74) is 6.23. The molecule has 4 aromatic rings. The second-order valence-electron chi connectivity index (χ2n) is 9.53. The molecule has 4 rings (SSSR count). The molecule has 0 fully saturated rings. The predicted molar refractivity (Wildman–Crippen MR) is 153 cm³/mol. The van der Waals surface area contributed by atoms with Gasteiger partial charge in [-0.1, -0.05) is 80.4 Å². The Kier molecular flexibility index (Phi) is 9.97. The molecule has 4 heteroatoms. The highest BCUT2D eigenvalue weighted by atomic mass is 16.5. The highest BCUT2D eigenvalue weighted by Gasteiger charge is 2.08. The zero-order valence-corrected chi connectivity index (χ0v) is 22.1. The number of aryl methyl sites for hydroxylation is 2. The second kappa shape index (κ2) is 14.0. The molecule has 0 bridgehead atoms. The number of hydrogen-bond acceptors (Lipinski definition) is 4. The first kappa shape index (κ1) is 27.0. The Morgan fingerprint density at radius 3 is 1.97 bits per heavy atom. The fraction of sp³-hybridized carbons (Fsp3) is 0.265. The van der Waals surface area contributed by atoms with E-state index < -0.39 is 0 Å². The first-order chi connectivity index (χ1) is 18.6. The van der Waals surface area contributed by atoms with E-state index in [-0.39, 0.29) is 5.97 Å². The zero-order valence-electron chi connectivity index (χ0n) is 22.1. The van der Waals surface area contributed by atoms with Crippen LogP contribution in [0.25, 0.3) is 11.1 Å². The van der Waals surface area contributed by atoms with E-state index in [1.54, 1.807) is 12.1 Å². The lowest BCUT2D eigenvalue weighted by Crippen LogP contribution is -2.08. The van der Waals surface area contributed by atoms with Crippen LogP contribution in [0.2, 0.25) is 0 Å². The van der Waals surface area contributed by atoms with E-state index >= 15 is 0 Å². The van der Waals surface area contributed by atoms with Crippen LogP contribution in [0.15, 0.2) is 97.1 Å². The first-order valence-electron chi connectivity index (χ1n) is 13.5. The van der Waals surface area contributed by atoms with Crippen LogP contribution >= 0.6 is 0 Å². The lowest BCUT2D eigenvalue weighted by Gasteiger charge is -2.09. The Balaban J connectivity index is 1.22. The maximum atomic E-state index is 12.5. The number of aromatic hydroxyl groups is 1. The van der Waals surface area contributed by atoms with Crippen molar-refractivity contribution in [3.8, 4) is 22.6 Å². The van der Waals surface area contributed by atoms with Crippen LogP contribution in [0.5, 0.6) is 11.5 Å². The molecule has 0 aliphatic rings. The number of carbonyl (C=O) groups is 1. The third-order valence-corrected chi connectivity index (χ3v) is 6.59. The van der Waals surface area contributed by atoms with Crippen LogP contribution in [-0.4, -0.2) is 24.3 Å². The summed E-state index contributed by atoms with van der Waals surface area (Å²) in [6.07, 6.45) is 5.94. The molecule has 38 heavy (non-hydrogen) atoms. The van der Waals surface area contributed by atoms with E-state index in [0.29, 0.717) is 24.3 Å². The number of rotatable bonds is 13. The van der Waals surface area contributed by atoms with E-state index in [0.717, 1.165) is 48.3 Å². The Morgan fingerprint density at radius 1 is 0.684 bits per heavy atom. The van der Waals surface area contributed by atoms with Gasteiger partial charge in [-0.2, -0.15) is 0 Å². The molecule has 0 saturated carbocycles. The molecular weight excluding hydrogens is 472 g/mol. The quantitative estimate of drug-likeness (QED) is 0.148. The van der Waals surface area contributed by atoms with Gasteiger partial charge in [-0.05, 0) is 83.5 Å². The summed E-state index contributed by atoms with van der Waals surface area (Å²) >= 11 is 0. The summed E-state index contributed by atoms with van der Waals surface area (Å²) in [5, 5.41) is 9.40. The molecule has 4 nitrogen and oxygen atoms in total. The smallest absolute Gasteiger partial charge is 0.338 e. The standard InChI is InChI=1S/C34H36O4/c1-2-3-4-23-37-33-7-5-6-31(25-33)29-16-18-30(19-17-29)34(36)38-24-22-28-12-10-26(11-13-28)8-9-27-14-20-32(35)21-15-27/h5-7,10-21,25,35H,2-4,8-9,22-24H2,1H3. The molecule has 0 saturated heterocycles. The van der Waals surface area contributed by atoms with Gasteiger partial charge < -0.3 is 14.6 Å². The third-order valence-electron chi connectivity index (χ3n) is 6.59. The van der Waals surface area contributed by atoms with Crippen molar-refractivity contribution in [1.82, 2.24) is 0 Å². The number of phenolic OH excluding ortho intramolecular Hbond substituents is 1. The molecule has 0 heterocycles. The number of esters is 1. The molecule has 0 amide bonds. The highest BCUT2D eigenvalue weighted by Crippen LogP contribution is 2.25. The van der Waals surface area contributed by atoms with Gasteiger partial charge in [-0.25, -0.2) is 4.79 Å². The minimum Gasteiger partial charge on any atom is -0.508 e. The molecule has 196 valence electrons. The molecule has 0 aromatic heterocycles. The van der Waals surface area contributed by atoms with E-state index in [2.05, 4.69) is 31.2 Å². The highest BCUT2D eigenvalue weighted by molar-refractivity contribution is 5.90. The Hall–Kier alpha value is -4.05. The largest absolute Gasteiger partial charge is 0.508 e. The second-order valence-corrected chi connectivity index (χ2v) is 9.53. The molecule has 0 aliphatic heterocycles. The van der Waals surface area contributed by atoms with Crippen LogP contribution in [0, 0.1) is 0 Å². The van der Waals surface area contributed by atoms with E-state index in [9.17, 15) is 9.90 Å². The summed E-state index contributed by atoms with van der Waals surface area (Å²) in [7, 11) is 0. The van der Waals surface area contributed by atoms with Crippen molar-refractivity contribution in [3.05, 3.63) is 119 Å². The maximum absolute atomic E-state index is 12.5.